The number of aromatic nitrogens is 2. The van der Waals surface area contributed by atoms with Gasteiger partial charge in [0, 0.05) is 12.1 Å². The molecule has 0 spiro atoms. The number of imidazole rings is 1. The van der Waals surface area contributed by atoms with Gasteiger partial charge < -0.3 is 15.6 Å². The summed E-state index contributed by atoms with van der Waals surface area (Å²) in [6.45, 7) is 2.13. The number of hydrogen-bond donors (Lipinski definition) is 3. The number of carbonyl (C=O) groups excluding carboxylic acids is 2. The molecule has 0 aliphatic heterocycles. The van der Waals surface area contributed by atoms with Gasteiger partial charge in [-0.1, -0.05) is 54.6 Å². The summed E-state index contributed by atoms with van der Waals surface area (Å²) in [4.78, 5) is 33.2. The zero-order valence-electron chi connectivity index (χ0n) is 17.3. The molecule has 0 saturated heterocycles. The van der Waals surface area contributed by atoms with Gasteiger partial charge in [0.25, 0.3) is 5.91 Å². The van der Waals surface area contributed by atoms with Crippen molar-refractivity contribution >= 4 is 28.5 Å². The van der Waals surface area contributed by atoms with Crippen molar-refractivity contribution in [2.75, 3.05) is 11.9 Å². The SMILES string of the molecule is Cc1ccccc1C(=O)NCC(Cc1ccccc1)C(=O)Nc1cccc2nc[nH]c12. The largest absolute Gasteiger partial charge is 0.351 e. The fourth-order valence-electron chi connectivity index (χ4n) is 3.60. The van der Waals surface area contributed by atoms with Crippen LogP contribution in [0.25, 0.3) is 11.0 Å². The van der Waals surface area contributed by atoms with Crippen LogP contribution in [0.4, 0.5) is 5.69 Å². The molecule has 0 aliphatic rings. The minimum Gasteiger partial charge on any atom is -0.351 e. The molecule has 0 aliphatic carbocycles. The summed E-state index contributed by atoms with van der Waals surface area (Å²) in [5, 5.41) is 5.94. The highest BCUT2D eigenvalue weighted by molar-refractivity contribution is 6.01. The molecule has 1 heterocycles. The Labute approximate surface area is 180 Å². The summed E-state index contributed by atoms with van der Waals surface area (Å²) < 4.78 is 0. The Morgan fingerprint density at radius 1 is 0.968 bits per heavy atom. The molecule has 0 bridgehead atoms. The Kier molecular flexibility index (Phi) is 6.08. The average Bonchev–Trinajstić information content (AvgIpc) is 3.27. The van der Waals surface area contributed by atoms with Crippen LogP contribution in [0.3, 0.4) is 0 Å². The van der Waals surface area contributed by atoms with Gasteiger partial charge in [0.15, 0.2) is 0 Å². The van der Waals surface area contributed by atoms with Crippen LogP contribution in [0.15, 0.2) is 79.1 Å². The van der Waals surface area contributed by atoms with Gasteiger partial charge in [0.05, 0.1) is 29.0 Å². The fourth-order valence-corrected chi connectivity index (χ4v) is 3.60. The molecular formula is C25H24N4O2. The van der Waals surface area contributed by atoms with Crippen molar-refractivity contribution in [1.82, 2.24) is 15.3 Å². The van der Waals surface area contributed by atoms with Crippen molar-refractivity contribution in [1.29, 1.82) is 0 Å². The lowest BCUT2D eigenvalue weighted by Crippen LogP contribution is -2.37. The quantitative estimate of drug-likeness (QED) is 0.427. The number of hydrogen-bond acceptors (Lipinski definition) is 3. The van der Waals surface area contributed by atoms with Gasteiger partial charge in [0.1, 0.15) is 0 Å². The molecule has 0 fully saturated rings. The summed E-state index contributed by atoms with van der Waals surface area (Å²) in [5.74, 6) is -0.774. The molecule has 3 aromatic carbocycles. The smallest absolute Gasteiger partial charge is 0.251 e. The van der Waals surface area contributed by atoms with Crippen LogP contribution in [0.1, 0.15) is 21.5 Å². The van der Waals surface area contributed by atoms with Crippen LogP contribution in [0.5, 0.6) is 0 Å². The van der Waals surface area contributed by atoms with Crippen molar-refractivity contribution in [3.05, 3.63) is 95.8 Å². The molecule has 4 rings (SSSR count). The Bertz CT molecular complexity index is 1200. The van der Waals surface area contributed by atoms with Crippen molar-refractivity contribution in [3.8, 4) is 0 Å². The number of nitrogens with zero attached hydrogens (tertiary/aromatic N) is 1. The maximum absolute atomic E-state index is 13.2. The minimum atomic E-state index is -0.437. The third-order valence-electron chi connectivity index (χ3n) is 5.31. The Morgan fingerprint density at radius 3 is 2.55 bits per heavy atom. The molecule has 3 N–H and O–H groups in total. The first-order valence-electron chi connectivity index (χ1n) is 10.2. The van der Waals surface area contributed by atoms with Crippen LogP contribution >= 0.6 is 0 Å². The number of rotatable bonds is 7. The first-order chi connectivity index (χ1) is 15.1. The molecule has 31 heavy (non-hydrogen) atoms. The minimum absolute atomic E-state index is 0.156. The Morgan fingerprint density at radius 2 is 1.74 bits per heavy atom. The third-order valence-corrected chi connectivity index (χ3v) is 5.31. The standard InChI is InChI=1S/C25H24N4O2/c1-17-8-5-6-11-20(17)25(31)26-15-19(14-18-9-3-2-4-10-18)24(30)29-22-13-7-12-21-23(22)28-16-27-21/h2-13,16,19H,14-15H2,1H3,(H,26,31)(H,27,28)(H,29,30). The van der Waals surface area contributed by atoms with E-state index in [1.165, 1.54) is 0 Å². The van der Waals surface area contributed by atoms with E-state index in [-0.39, 0.29) is 18.4 Å². The van der Waals surface area contributed by atoms with E-state index in [0.717, 1.165) is 22.2 Å². The highest BCUT2D eigenvalue weighted by atomic mass is 16.2. The van der Waals surface area contributed by atoms with E-state index in [2.05, 4.69) is 20.6 Å². The maximum atomic E-state index is 13.2. The van der Waals surface area contributed by atoms with Crippen molar-refractivity contribution in [3.63, 3.8) is 0 Å². The predicted octanol–water partition coefficient (Wildman–Crippen LogP) is 4.10. The molecule has 6 nitrogen and oxygen atoms in total. The highest BCUT2D eigenvalue weighted by Crippen LogP contribution is 2.21. The first kappa shape index (κ1) is 20.3. The summed E-state index contributed by atoms with van der Waals surface area (Å²) in [6, 6.07) is 22.8. The van der Waals surface area contributed by atoms with E-state index in [0.29, 0.717) is 17.7 Å². The van der Waals surface area contributed by atoms with Crippen molar-refractivity contribution in [2.45, 2.75) is 13.3 Å². The molecule has 156 valence electrons. The second kappa shape index (κ2) is 9.26. The van der Waals surface area contributed by atoms with Crippen molar-refractivity contribution < 1.29 is 9.59 Å². The van der Waals surface area contributed by atoms with Gasteiger partial charge in [-0.2, -0.15) is 0 Å². The van der Waals surface area contributed by atoms with E-state index in [1.54, 1.807) is 12.4 Å². The summed E-state index contributed by atoms with van der Waals surface area (Å²) in [5.41, 5.74) is 4.78. The molecule has 2 amide bonds. The fraction of sp³-hybridized carbons (Fsp3) is 0.160. The van der Waals surface area contributed by atoms with Crippen molar-refractivity contribution in [2.24, 2.45) is 5.92 Å². The normalized spacial score (nSPS) is 11.8. The number of anilines is 1. The molecule has 1 atom stereocenters. The Hall–Kier alpha value is -3.93. The van der Waals surface area contributed by atoms with E-state index < -0.39 is 5.92 Å². The average molecular weight is 412 g/mol. The molecule has 6 heteroatoms. The van der Waals surface area contributed by atoms with Gasteiger partial charge >= 0.3 is 0 Å². The number of fused-ring (bicyclic) bond motifs is 1. The van der Waals surface area contributed by atoms with E-state index in [4.69, 9.17) is 0 Å². The lowest BCUT2D eigenvalue weighted by atomic mass is 9.97. The molecule has 0 saturated carbocycles. The van der Waals surface area contributed by atoms with Gasteiger partial charge in [0.2, 0.25) is 5.91 Å². The molecule has 4 aromatic rings. The second-order valence-electron chi connectivity index (χ2n) is 7.50. The topological polar surface area (TPSA) is 86.9 Å². The number of nitrogens with one attached hydrogen (secondary N) is 3. The van der Waals surface area contributed by atoms with E-state index in [9.17, 15) is 9.59 Å². The van der Waals surface area contributed by atoms with Crippen LogP contribution in [-0.2, 0) is 11.2 Å². The predicted molar refractivity (Wildman–Crippen MR) is 122 cm³/mol. The number of para-hydroxylation sites is 1. The van der Waals surface area contributed by atoms with E-state index >= 15 is 0 Å². The van der Waals surface area contributed by atoms with Crippen LogP contribution in [0.2, 0.25) is 0 Å². The molecule has 0 radical (unpaired) electrons. The Balaban J connectivity index is 1.52. The zero-order valence-corrected chi connectivity index (χ0v) is 17.3. The number of aryl methyl sites for hydroxylation is 1. The van der Waals surface area contributed by atoms with E-state index in [1.807, 2.05) is 73.7 Å². The number of aromatic amines is 1. The molecule has 1 aromatic heterocycles. The number of carbonyl (C=O) groups is 2. The monoisotopic (exact) mass is 412 g/mol. The summed E-state index contributed by atoms with van der Waals surface area (Å²) in [7, 11) is 0. The third kappa shape index (κ3) is 4.80. The lowest BCUT2D eigenvalue weighted by Gasteiger charge is -2.18. The summed E-state index contributed by atoms with van der Waals surface area (Å²) in [6.07, 6.45) is 2.11. The summed E-state index contributed by atoms with van der Waals surface area (Å²) >= 11 is 0. The van der Waals surface area contributed by atoms with Gasteiger partial charge in [-0.3, -0.25) is 9.59 Å². The maximum Gasteiger partial charge on any atom is 0.251 e. The molecule has 1 unspecified atom stereocenters. The first-order valence-corrected chi connectivity index (χ1v) is 10.2. The number of amides is 2. The highest BCUT2D eigenvalue weighted by Gasteiger charge is 2.22. The van der Waals surface area contributed by atoms with Gasteiger partial charge in [-0.25, -0.2) is 4.98 Å². The lowest BCUT2D eigenvalue weighted by molar-refractivity contribution is -0.119. The van der Waals surface area contributed by atoms with Crippen LogP contribution in [-0.4, -0.2) is 28.3 Å². The van der Waals surface area contributed by atoms with Crippen LogP contribution < -0.4 is 10.6 Å². The van der Waals surface area contributed by atoms with Gasteiger partial charge in [-0.15, -0.1) is 0 Å². The van der Waals surface area contributed by atoms with Gasteiger partial charge in [-0.05, 0) is 42.7 Å². The second-order valence-corrected chi connectivity index (χ2v) is 7.50. The van der Waals surface area contributed by atoms with Crippen LogP contribution in [0, 0.1) is 12.8 Å². The molecular weight excluding hydrogens is 388 g/mol. The number of benzene rings is 3. The zero-order chi connectivity index (χ0) is 21.6. The number of H-pyrrole nitrogens is 1.